The summed E-state index contributed by atoms with van der Waals surface area (Å²) in [6.45, 7) is 0. The van der Waals surface area contributed by atoms with E-state index in [1.165, 1.54) is 0 Å². The van der Waals surface area contributed by atoms with Gasteiger partial charge < -0.3 is 9.94 Å². The molecular formula is C17H14N2O2. The zero-order chi connectivity index (χ0) is 14.7. The molecule has 0 radical (unpaired) electrons. The normalized spacial score (nSPS) is 11.6. The summed E-state index contributed by atoms with van der Waals surface area (Å²) in [6.07, 6.45) is 1.71. The molecule has 21 heavy (non-hydrogen) atoms. The third-order valence-corrected chi connectivity index (χ3v) is 3.36. The fourth-order valence-corrected chi connectivity index (χ4v) is 2.30. The Morgan fingerprint density at radius 2 is 1.81 bits per heavy atom. The van der Waals surface area contributed by atoms with Crippen molar-refractivity contribution < 1.29 is 9.94 Å². The van der Waals surface area contributed by atoms with E-state index >= 15 is 0 Å². The van der Waals surface area contributed by atoms with Crippen LogP contribution in [0.2, 0.25) is 0 Å². The summed E-state index contributed by atoms with van der Waals surface area (Å²) in [5, 5.41) is 14.9. The van der Waals surface area contributed by atoms with E-state index in [-0.39, 0.29) is 0 Å². The molecule has 1 N–H and O–H groups in total. The van der Waals surface area contributed by atoms with Gasteiger partial charge in [-0.2, -0.15) is 0 Å². The summed E-state index contributed by atoms with van der Waals surface area (Å²) >= 11 is 0. The van der Waals surface area contributed by atoms with Crippen LogP contribution in [-0.4, -0.2) is 23.0 Å². The number of aromatic nitrogens is 1. The standard InChI is InChI=1S/C17H14N2O2/c1-21-14-8-6-13(7-9-14)16(19-20)17-15-5-3-2-4-12(15)10-11-18-17/h2-11,20H,1H3/b19-16+. The van der Waals surface area contributed by atoms with Gasteiger partial charge in [0.2, 0.25) is 0 Å². The van der Waals surface area contributed by atoms with Crippen LogP contribution in [0, 0.1) is 0 Å². The van der Waals surface area contributed by atoms with Crippen molar-refractivity contribution in [2.45, 2.75) is 0 Å². The molecule has 0 fully saturated rings. The van der Waals surface area contributed by atoms with Gasteiger partial charge in [0.15, 0.2) is 0 Å². The number of rotatable bonds is 3. The van der Waals surface area contributed by atoms with Gasteiger partial charge in [0, 0.05) is 17.1 Å². The maximum Gasteiger partial charge on any atom is 0.136 e. The fraction of sp³-hybridized carbons (Fsp3) is 0.0588. The van der Waals surface area contributed by atoms with Crippen molar-refractivity contribution in [1.82, 2.24) is 4.98 Å². The summed E-state index contributed by atoms with van der Waals surface area (Å²) in [6, 6.07) is 17.1. The average Bonchev–Trinajstić information content (AvgIpc) is 2.56. The molecule has 0 aliphatic carbocycles. The van der Waals surface area contributed by atoms with Crippen LogP contribution in [0.1, 0.15) is 11.3 Å². The Morgan fingerprint density at radius 1 is 1.05 bits per heavy atom. The molecule has 4 nitrogen and oxygen atoms in total. The molecule has 0 bridgehead atoms. The van der Waals surface area contributed by atoms with Crippen molar-refractivity contribution in [2.75, 3.05) is 7.11 Å². The minimum atomic E-state index is 0.439. The summed E-state index contributed by atoms with van der Waals surface area (Å²) in [7, 11) is 1.61. The van der Waals surface area contributed by atoms with Crippen LogP contribution in [0.5, 0.6) is 5.75 Å². The first-order valence-corrected chi connectivity index (χ1v) is 6.54. The molecule has 0 amide bonds. The van der Waals surface area contributed by atoms with Crippen molar-refractivity contribution in [3.8, 4) is 5.75 Å². The molecule has 0 unspecified atom stereocenters. The molecule has 2 aromatic carbocycles. The molecule has 3 rings (SSSR count). The second-order valence-electron chi connectivity index (χ2n) is 4.56. The average molecular weight is 278 g/mol. The first-order valence-electron chi connectivity index (χ1n) is 6.54. The number of methoxy groups -OCH3 is 1. The maximum atomic E-state index is 9.44. The van der Waals surface area contributed by atoms with E-state index in [9.17, 15) is 5.21 Å². The molecule has 0 saturated carbocycles. The topological polar surface area (TPSA) is 54.7 Å². The molecule has 0 aliphatic heterocycles. The van der Waals surface area contributed by atoms with Gasteiger partial charge in [-0.25, -0.2) is 0 Å². The Hall–Kier alpha value is -2.88. The predicted octanol–water partition coefficient (Wildman–Crippen LogP) is 3.47. The summed E-state index contributed by atoms with van der Waals surface area (Å²) in [5.74, 6) is 0.752. The predicted molar refractivity (Wildman–Crippen MR) is 82.2 cm³/mol. The highest BCUT2D eigenvalue weighted by molar-refractivity contribution is 6.17. The van der Waals surface area contributed by atoms with E-state index in [1.54, 1.807) is 13.3 Å². The number of ether oxygens (including phenoxy) is 1. The van der Waals surface area contributed by atoms with Crippen molar-refractivity contribution in [3.63, 3.8) is 0 Å². The van der Waals surface area contributed by atoms with Gasteiger partial charge in [-0.05, 0) is 35.7 Å². The van der Waals surface area contributed by atoms with Gasteiger partial charge in [0.05, 0.1) is 7.11 Å². The maximum absolute atomic E-state index is 9.44. The number of oxime groups is 1. The molecule has 0 aliphatic rings. The fourth-order valence-electron chi connectivity index (χ4n) is 2.30. The number of fused-ring (bicyclic) bond motifs is 1. The Bertz CT molecular complexity index is 790. The summed E-state index contributed by atoms with van der Waals surface area (Å²) in [5.41, 5.74) is 1.87. The first-order chi connectivity index (χ1) is 10.3. The van der Waals surface area contributed by atoms with E-state index in [1.807, 2.05) is 54.6 Å². The van der Waals surface area contributed by atoms with Crippen LogP contribution >= 0.6 is 0 Å². The zero-order valence-electron chi connectivity index (χ0n) is 11.5. The zero-order valence-corrected chi connectivity index (χ0v) is 11.5. The van der Waals surface area contributed by atoms with Crippen LogP contribution < -0.4 is 4.74 Å². The number of benzene rings is 2. The first kappa shape index (κ1) is 13.1. The lowest BCUT2D eigenvalue weighted by atomic mass is 10.0. The molecule has 1 aromatic heterocycles. The van der Waals surface area contributed by atoms with Crippen LogP contribution in [0.15, 0.2) is 65.9 Å². The Balaban J connectivity index is 2.14. The molecule has 0 atom stereocenters. The van der Waals surface area contributed by atoms with Gasteiger partial charge in [-0.3, -0.25) is 4.98 Å². The highest BCUT2D eigenvalue weighted by Gasteiger charge is 2.12. The Kier molecular flexibility index (Phi) is 3.51. The number of pyridine rings is 1. The Morgan fingerprint density at radius 3 is 2.52 bits per heavy atom. The van der Waals surface area contributed by atoms with Gasteiger partial charge in [-0.15, -0.1) is 0 Å². The van der Waals surface area contributed by atoms with Crippen molar-refractivity contribution >= 4 is 16.5 Å². The number of hydrogen-bond donors (Lipinski definition) is 1. The van der Waals surface area contributed by atoms with Gasteiger partial charge in [0.25, 0.3) is 0 Å². The molecule has 0 saturated heterocycles. The Labute approximate surface area is 122 Å². The van der Waals surface area contributed by atoms with E-state index in [0.29, 0.717) is 11.4 Å². The second-order valence-corrected chi connectivity index (χ2v) is 4.56. The molecule has 0 spiro atoms. The van der Waals surface area contributed by atoms with Crippen molar-refractivity contribution in [3.05, 3.63) is 72.1 Å². The van der Waals surface area contributed by atoms with Crippen LogP contribution in [0.25, 0.3) is 10.8 Å². The lowest BCUT2D eigenvalue weighted by Gasteiger charge is -2.08. The molecule has 3 aromatic rings. The SMILES string of the molecule is COc1ccc(/C(=N\O)c2nccc3ccccc23)cc1. The van der Waals surface area contributed by atoms with Crippen LogP contribution in [-0.2, 0) is 0 Å². The highest BCUT2D eigenvalue weighted by Crippen LogP contribution is 2.21. The van der Waals surface area contributed by atoms with E-state index < -0.39 is 0 Å². The smallest absolute Gasteiger partial charge is 0.136 e. The number of nitrogens with zero attached hydrogens (tertiary/aromatic N) is 2. The van der Waals surface area contributed by atoms with Crippen LogP contribution in [0.4, 0.5) is 0 Å². The van der Waals surface area contributed by atoms with Gasteiger partial charge in [0.1, 0.15) is 17.2 Å². The third kappa shape index (κ3) is 2.43. The lowest BCUT2D eigenvalue weighted by Crippen LogP contribution is -2.06. The second kappa shape index (κ2) is 5.63. The molecule has 104 valence electrons. The minimum absolute atomic E-state index is 0.439. The largest absolute Gasteiger partial charge is 0.497 e. The van der Waals surface area contributed by atoms with E-state index in [0.717, 1.165) is 22.1 Å². The molecule has 4 heteroatoms. The van der Waals surface area contributed by atoms with Gasteiger partial charge in [-0.1, -0.05) is 29.4 Å². The van der Waals surface area contributed by atoms with Gasteiger partial charge >= 0.3 is 0 Å². The summed E-state index contributed by atoms with van der Waals surface area (Å²) < 4.78 is 5.14. The monoisotopic (exact) mass is 278 g/mol. The van der Waals surface area contributed by atoms with Crippen LogP contribution in [0.3, 0.4) is 0 Å². The van der Waals surface area contributed by atoms with Crippen molar-refractivity contribution in [2.24, 2.45) is 5.16 Å². The minimum Gasteiger partial charge on any atom is -0.497 e. The molecule has 1 heterocycles. The number of hydrogen-bond acceptors (Lipinski definition) is 4. The molecular weight excluding hydrogens is 264 g/mol. The highest BCUT2D eigenvalue weighted by atomic mass is 16.5. The van der Waals surface area contributed by atoms with E-state index in [2.05, 4.69) is 10.1 Å². The van der Waals surface area contributed by atoms with Crippen molar-refractivity contribution in [1.29, 1.82) is 0 Å². The third-order valence-electron chi connectivity index (χ3n) is 3.36. The summed E-state index contributed by atoms with van der Waals surface area (Å²) in [4.78, 5) is 4.37. The van der Waals surface area contributed by atoms with E-state index in [4.69, 9.17) is 4.74 Å². The lowest BCUT2D eigenvalue weighted by molar-refractivity contribution is 0.319. The quantitative estimate of drug-likeness (QED) is 0.453.